The van der Waals surface area contributed by atoms with Crippen molar-refractivity contribution < 1.29 is 0 Å². The van der Waals surface area contributed by atoms with E-state index in [-0.39, 0.29) is 0 Å². The number of aromatic nitrogens is 2. The second-order valence-corrected chi connectivity index (χ2v) is 7.51. The van der Waals surface area contributed by atoms with Crippen LogP contribution in [0.3, 0.4) is 0 Å². The molecule has 4 heteroatoms. The van der Waals surface area contributed by atoms with Crippen LogP contribution in [-0.4, -0.2) is 9.97 Å². The molecule has 0 aliphatic heterocycles. The summed E-state index contributed by atoms with van der Waals surface area (Å²) in [4.78, 5) is 9.58. The number of anilines is 1. The third-order valence-corrected chi connectivity index (χ3v) is 6.25. The van der Waals surface area contributed by atoms with E-state index < -0.39 is 0 Å². The number of nitrogens with two attached hydrogens (primary N) is 1. The molecule has 2 aliphatic carbocycles. The average Bonchev–Trinajstić information content (AvgIpc) is 3.11. The zero-order valence-electron chi connectivity index (χ0n) is 12.2. The minimum atomic E-state index is 0.541. The van der Waals surface area contributed by atoms with E-state index in [1.54, 1.807) is 0 Å². The Kier molecular flexibility index (Phi) is 4.48. The van der Waals surface area contributed by atoms with Crippen molar-refractivity contribution in [3.05, 3.63) is 15.1 Å². The molecule has 20 heavy (non-hydrogen) atoms. The van der Waals surface area contributed by atoms with E-state index in [1.165, 1.54) is 57.1 Å². The van der Waals surface area contributed by atoms with E-state index >= 15 is 0 Å². The summed E-state index contributed by atoms with van der Waals surface area (Å²) in [7, 11) is 0. The van der Waals surface area contributed by atoms with Gasteiger partial charge in [0.1, 0.15) is 11.6 Å². The number of hydrogen-bond acceptors (Lipinski definition) is 3. The number of rotatable bonds is 3. The first kappa shape index (κ1) is 14.5. The molecule has 2 saturated carbocycles. The van der Waals surface area contributed by atoms with Crippen LogP contribution in [0.15, 0.2) is 0 Å². The Morgan fingerprint density at radius 2 is 1.85 bits per heavy atom. The first-order valence-electron chi connectivity index (χ1n) is 8.01. The van der Waals surface area contributed by atoms with Gasteiger partial charge < -0.3 is 5.73 Å². The Bertz CT molecular complexity index is 483. The van der Waals surface area contributed by atoms with Crippen molar-refractivity contribution in [2.24, 2.45) is 5.92 Å². The molecule has 0 aromatic carbocycles. The zero-order chi connectivity index (χ0) is 14.1. The van der Waals surface area contributed by atoms with E-state index in [1.807, 2.05) is 0 Å². The summed E-state index contributed by atoms with van der Waals surface area (Å²) in [5, 5.41) is 0. The molecular formula is C16H24IN3. The van der Waals surface area contributed by atoms with Crippen LogP contribution >= 0.6 is 22.6 Å². The van der Waals surface area contributed by atoms with E-state index in [9.17, 15) is 0 Å². The Labute approximate surface area is 135 Å². The van der Waals surface area contributed by atoms with E-state index in [0.29, 0.717) is 17.7 Å². The van der Waals surface area contributed by atoms with Crippen molar-refractivity contribution in [1.82, 2.24) is 9.97 Å². The number of halogens is 1. The highest BCUT2D eigenvalue weighted by Gasteiger charge is 2.29. The van der Waals surface area contributed by atoms with Crippen LogP contribution in [-0.2, 0) is 0 Å². The average molecular weight is 385 g/mol. The van der Waals surface area contributed by atoms with Crippen molar-refractivity contribution >= 4 is 28.4 Å². The van der Waals surface area contributed by atoms with Gasteiger partial charge in [-0.25, -0.2) is 9.97 Å². The molecule has 0 radical (unpaired) electrons. The third kappa shape index (κ3) is 2.81. The quantitative estimate of drug-likeness (QED) is 0.773. The second kappa shape index (κ2) is 6.16. The SMILES string of the molecule is CCC1CCC(c2nc(N)c(I)c(C3CCCC3)n2)C1. The summed E-state index contributed by atoms with van der Waals surface area (Å²) in [6, 6.07) is 0. The van der Waals surface area contributed by atoms with Gasteiger partial charge in [0, 0.05) is 11.8 Å². The first-order valence-corrected chi connectivity index (χ1v) is 9.09. The minimum absolute atomic E-state index is 0.541. The van der Waals surface area contributed by atoms with Gasteiger partial charge in [0.05, 0.1) is 9.26 Å². The van der Waals surface area contributed by atoms with Gasteiger partial charge in [-0.15, -0.1) is 0 Å². The fourth-order valence-corrected chi connectivity index (χ4v) is 4.52. The maximum absolute atomic E-state index is 6.17. The van der Waals surface area contributed by atoms with E-state index in [0.717, 1.165) is 15.3 Å². The molecule has 2 fully saturated rings. The van der Waals surface area contributed by atoms with Crippen LogP contribution in [0, 0.1) is 9.49 Å². The summed E-state index contributed by atoms with van der Waals surface area (Å²) in [6.07, 6.45) is 10.3. The largest absolute Gasteiger partial charge is 0.383 e. The van der Waals surface area contributed by atoms with Gasteiger partial charge in [0.15, 0.2) is 0 Å². The molecule has 0 saturated heterocycles. The normalized spacial score (nSPS) is 27.3. The highest BCUT2D eigenvalue weighted by atomic mass is 127. The summed E-state index contributed by atoms with van der Waals surface area (Å²) in [5.41, 5.74) is 7.41. The van der Waals surface area contributed by atoms with Crippen molar-refractivity contribution in [3.63, 3.8) is 0 Å². The Hall–Kier alpha value is -0.390. The molecule has 110 valence electrons. The summed E-state index contributed by atoms with van der Waals surface area (Å²) in [6.45, 7) is 2.29. The molecule has 2 atom stereocenters. The van der Waals surface area contributed by atoms with Crippen LogP contribution in [0.4, 0.5) is 5.82 Å². The summed E-state index contributed by atoms with van der Waals surface area (Å²) < 4.78 is 1.10. The first-order chi connectivity index (χ1) is 9.69. The molecular weight excluding hydrogens is 361 g/mol. The summed E-state index contributed by atoms with van der Waals surface area (Å²) in [5.74, 6) is 3.76. The number of hydrogen-bond donors (Lipinski definition) is 1. The Morgan fingerprint density at radius 1 is 1.10 bits per heavy atom. The molecule has 1 heterocycles. The lowest BCUT2D eigenvalue weighted by Gasteiger charge is -2.16. The molecule has 0 amide bonds. The predicted molar refractivity (Wildman–Crippen MR) is 90.7 cm³/mol. The van der Waals surface area contributed by atoms with Crippen LogP contribution in [0.1, 0.15) is 81.6 Å². The topological polar surface area (TPSA) is 51.8 Å². The lowest BCUT2D eigenvalue weighted by atomic mass is 10.0. The van der Waals surface area contributed by atoms with Gasteiger partial charge >= 0.3 is 0 Å². The van der Waals surface area contributed by atoms with Gasteiger partial charge in [-0.3, -0.25) is 0 Å². The van der Waals surface area contributed by atoms with Gasteiger partial charge in [-0.05, 0) is 60.6 Å². The van der Waals surface area contributed by atoms with Crippen molar-refractivity contribution in [2.45, 2.75) is 70.1 Å². The zero-order valence-corrected chi connectivity index (χ0v) is 14.4. The fourth-order valence-electron chi connectivity index (χ4n) is 3.83. The Balaban J connectivity index is 1.88. The third-order valence-electron chi connectivity index (χ3n) is 5.15. The van der Waals surface area contributed by atoms with Crippen molar-refractivity contribution in [2.75, 3.05) is 5.73 Å². The monoisotopic (exact) mass is 385 g/mol. The fraction of sp³-hybridized carbons (Fsp3) is 0.750. The number of nitrogens with zero attached hydrogens (tertiary/aromatic N) is 2. The molecule has 1 aromatic heterocycles. The molecule has 2 aliphatic rings. The Morgan fingerprint density at radius 3 is 2.50 bits per heavy atom. The van der Waals surface area contributed by atoms with Gasteiger partial charge in [-0.2, -0.15) is 0 Å². The van der Waals surface area contributed by atoms with Gasteiger partial charge in [-0.1, -0.05) is 26.2 Å². The van der Waals surface area contributed by atoms with Crippen molar-refractivity contribution in [1.29, 1.82) is 0 Å². The smallest absolute Gasteiger partial charge is 0.140 e. The minimum Gasteiger partial charge on any atom is -0.383 e. The van der Waals surface area contributed by atoms with Crippen LogP contribution < -0.4 is 5.73 Å². The highest BCUT2D eigenvalue weighted by molar-refractivity contribution is 14.1. The molecule has 1 aromatic rings. The maximum Gasteiger partial charge on any atom is 0.140 e. The maximum atomic E-state index is 6.17. The van der Waals surface area contributed by atoms with E-state index in [2.05, 4.69) is 34.5 Å². The summed E-state index contributed by atoms with van der Waals surface area (Å²) >= 11 is 2.34. The lowest BCUT2D eigenvalue weighted by Crippen LogP contribution is -2.12. The molecule has 2 N–H and O–H groups in total. The molecule has 2 unspecified atom stereocenters. The second-order valence-electron chi connectivity index (χ2n) is 6.43. The van der Waals surface area contributed by atoms with E-state index in [4.69, 9.17) is 10.7 Å². The van der Waals surface area contributed by atoms with Crippen molar-refractivity contribution in [3.8, 4) is 0 Å². The standard InChI is InChI=1S/C16H24IN3/c1-2-10-7-8-12(9-10)16-19-14(11-5-3-4-6-11)13(17)15(18)20-16/h10-12H,2-9H2,1H3,(H2,18,19,20). The highest BCUT2D eigenvalue weighted by Crippen LogP contribution is 2.41. The molecule has 3 nitrogen and oxygen atoms in total. The lowest BCUT2D eigenvalue weighted by molar-refractivity contribution is 0.515. The van der Waals surface area contributed by atoms with Crippen LogP contribution in [0.2, 0.25) is 0 Å². The van der Waals surface area contributed by atoms with Crippen LogP contribution in [0.5, 0.6) is 0 Å². The molecule has 0 spiro atoms. The van der Waals surface area contributed by atoms with Gasteiger partial charge in [0.25, 0.3) is 0 Å². The van der Waals surface area contributed by atoms with Crippen LogP contribution in [0.25, 0.3) is 0 Å². The molecule has 0 bridgehead atoms. The predicted octanol–water partition coefficient (Wildman–Crippen LogP) is 4.61. The number of nitrogen functional groups attached to an aromatic ring is 1. The molecule has 3 rings (SSSR count). The van der Waals surface area contributed by atoms with Gasteiger partial charge in [0.2, 0.25) is 0 Å².